The van der Waals surface area contributed by atoms with Gasteiger partial charge in [-0.05, 0) is 25.1 Å². The number of anilines is 4. The number of nitrogens with zero attached hydrogens (tertiary/aromatic N) is 3. The Morgan fingerprint density at radius 3 is 2.67 bits per heavy atom. The average molecular weight is 327 g/mol. The van der Waals surface area contributed by atoms with E-state index >= 15 is 0 Å². The second kappa shape index (κ2) is 7.27. The Labute approximate surface area is 141 Å². The van der Waals surface area contributed by atoms with Gasteiger partial charge in [0.05, 0.1) is 13.2 Å². The first-order valence-corrected chi connectivity index (χ1v) is 7.93. The number of ether oxygens (including phenoxy) is 1. The summed E-state index contributed by atoms with van der Waals surface area (Å²) in [4.78, 5) is 22.3. The molecule has 1 fully saturated rings. The van der Waals surface area contributed by atoms with Gasteiger partial charge in [-0.25, -0.2) is 9.97 Å². The third kappa shape index (κ3) is 4.20. The molecular formula is C17H21N5O2. The van der Waals surface area contributed by atoms with Gasteiger partial charge in [-0.15, -0.1) is 0 Å². The van der Waals surface area contributed by atoms with Gasteiger partial charge < -0.3 is 20.3 Å². The van der Waals surface area contributed by atoms with Crippen LogP contribution in [0.15, 0.2) is 30.3 Å². The Balaban J connectivity index is 1.79. The Hall–Kier alpha value is -2.67. The molecule has 0 unspecified atom stereocenters. The summed E-state index contributed by atoms with van der Waals surface area (Å²) < 4.78 is 5.39. The number of rotatable bonds is 4. The lowest BCUT2D eigenvalue weighted by molar-refractivity contribution is -0.114. The number of morpholine rings is 1. The quantitative estimate of drug-likeness (QED) is 0.897. The van der Waals surface area contributed by atoms with Gasteiger partial charge in [0.2, 0.25) is 5.91 Å². The van der Waals surface area contributed by atoms with Gasteiger partial charge in [0.15, 0.2) is 0 Å². The van der Waals surface area contributed by atoms with Gasteiger partial charge in [0, 0.05) is 37.5 Å². The molecule has 24 heavy (non-hydrogen) atoms. The lowest BCUT2D eigenvalue weighted by Gasteiger charge is -2.28. The summed E-state index contributed by atoms with van der Waals surface area (Å²) in [5, 5.41) is 6.05. The van der Waals surface area contributed by atoms with Crippen molar-refractivity contribution in [3.63, 3.8) is 0 Å². The molecule has 1 amide bonds. The first-order valence-electron chi connectivity index (χ1n) is 7.93. The SMILES string of the molecule is CC(=O)Nc1cccc(Nc2cc(N3CCOCC3)nc(C)n2)c1. The van der Waals surface area contributed by atoms with E-state index in [4.69, 9.17) is 4.74 Å². The standard InChI is InChI=1S/C17H21N5O2/c1-12-18-16(11-17(19-12)22-6-8-24-9-7-22)21-15-5-3-4-14(10-15)20-13(2)23/h3-5,10-11H,6-9H2,1-2H3,(H,20,23)(H,18,19,21). The summed E-state index contributed by atoms with van der Waals surface area (Å²) in [5.74, 6) is 2.23. The summed E-state index contributed by atoms with van der Waals surface area (Å²) in [5.41, 5.74) is 1.60. The lowest BCUT2D eigenvalue weighted by Crippen LogP contribution is -2.36. The van der Waals surface area contributed by atoms with E-state index in [2.05, 4.69) is 25.5 Å². The smallest absolute Gasteiger partial charge is 0.221 e. The van der Waals surface area contributed by atoms with Crippen molar-refractivity contribution in [2.24, 2.45) is 0 Å². The minimum absolute atomic E-state index is 0.0976. The zero-order chi connectivity index (χ0) is 16.9. The van der Waals surface area contributed by atoms with Crippen molar-refractivity contribution in [3.05, 3.63) is 36.2 Å². The van der Waals surface area contributed by atoms with Gasteiger partial charge in [0.25, 0.3) is 0 Å². The van der Waals surface area contributed by atoms with E-state index in [1.807, 2.05) is 37.3 Å². The Morgan fingerprint density at radius 2 is 1.92 bits per heavy atom. The molecule has 1 aliphatic rings. The molecule has 0 saturated carbocycles. The van der Waals surface area contributed by atoms with Crippen LogP contribution in [0.3, 0.4) is 0 Å². The van der Waals surface area contributed by atoms with Crippen LogP contribution in [0.4, 0.5) is 23.0 Å². The molecule has 0 spiro atoms. The first-order chi connectivity index (χ1) is 11.6. The number of hydrogen-bond donors (Lipinski definition) is 2. The van der Waals surface area contributed by atoms with Crippen LogP contribution in [0.2, 0.25) is 0 Å². The van der Waals surface area contributed by atoms with Crippen LogP contribution in [-0.4, -0.2) is 42.2 Å². The summed E-state index contributed by atoms with van der Waals surface area (Å²) in [7, 11) is 0. The molecule has 1 aromatic heterocycles. The van der Waals surface area contributed by atoms with E-state index in [-0.39, 0.29) is 5.91 Å². The highest BCUT2D eigenvalue weighted by Gasteiger charge is 2.14. The Kier molecular flexibility index (Phi) is 4.90. The minimum atomic E-state index is -0.0976. The number of aromatic nitrogens is 2. The number of amides is 1. The molecule has 3 rings (SSSR count). The second-order valence-electron chi connectivity index (χ2n) is 5.65. The second-order valence-corrected chi connectivity index (χ2v) is 5.65. The molecule has 2 heterocycles. The van der Waals surface area contributed by atoms with Gasteiger partial charge >= 0.3 is 0 Å². The van der Waals surface area contributed by atoms with Crippen LogP contribution in [0.1, 0.15) is 12.7 Å². The number of nitrogens with one attached hydrogen (secondary N) is 2. The van der Waals surface area contributed by atoms with Gasteiger partial charge in [-0.2, -0.15) is 0 Å². The molecule has 1 aromatic carbocycles. The summed E-state index contributed by atoms with van der Waals surface area (Å²) in [6.07, 6.45) is 0. The summed E-state index contributed by atoms with van der Waals surface area (Å²) >= 11 is 0. The number of aryl methyl sites for hydroxylation is 1. The van der Waals surface area contributed by atoms with Crippen LogP contribution >= 0.6 is 0 Å². The topological polar surface area (TPSA) is 79.4 Å². The highest BCUT2D eigenvalue weighted by atomic mass is 16.5. The molecule has 1 aliphatic heterocycles. The van der Waals surface area contributed by atoms with Crippen LogP contribution < -0.4 is 15.5 Å². The fourth-order valence-corrected chi connectivity index (χ4v) is 2.60. The van der Waals surface area contributed by atoms with E-state index in [0.717, 1.165) is 36.1 Å². The van der Waals surface area contributed by atoms with Gasteiger partial charge in [-0.3, -0.25) is 4.79 Å². The molecule has 7 nitrogen and oxygen atoms in total. The van der Waals surface area contributed by atoms with E-state index in [9.17, 15) is 4.79 Å². The zero-order valence-electron chi connectivity index (χ0n) is 13.9. The van der Waals surface area contributed by atoms with Crippen molar-refractivity contribution in [2.45, 2.75) is 13.8 Å². The number of hydrogen-bond acceptors (Lipinski definition) is 6. The van der Waals surface area contributed by atoms with Crippen molar-refractivity contribution >= 4 is 28.9 Å². The maximum absolute atomic E-state index is 11.2. The normalized spacial score (nSPS) is 14.3. The molecule has 0 bridgehead atoms. The van der Waals surface area contributed by atoms with Crippen LogP contribution in [0.25, 0.3) is 0 Å². The largest absolute Gasteiger partial charge is 0.378 e. The zero-order valence-corrected chi connectivity index (χ0v) is 13.9. The maximum Gasteiger partial charge on any atom is 0.221 e. The highest BCUT2D eigenvalue weighted by Crippen LogP contribution is 2.22. The van der Waals surface area contributed by atoms with E-state index in [1.54, 1.807) is 0 Å². The molecular weight excluding hydrogens is 306 g/mol. The highest BCUT2D eigenvalue weighted by molar-refractivity contribution is 5.89. The number of benzene rings is 1. The molecule has 2 N–H and O–H groups in total. The number of carbonyl (C=O) groups excluding carboxylic acids is 1. The summed E-state index contributed by atoms with van der Waals surface area (Å²) in [6.45, 7) is 6.45. The minimum Gasteiger partial charge on any atom is -0.378 e. The van der Waals surface area contributed by atoms with Crippen molar-refractivity contribution in [1.82, 2.24) is 9.97 Å². The third-order valence-corrected chi connectivity index (χ3v) is 3.61. The monoisotopic (exact) mass is 327 g/mol. The van der Waals surface area contributed by atoms with Crippen LogP contribution in [-0.2, 0) is 9.53 Å². The fourth-order valence-electron chi connectivity index (χ4n) is 2.60. The molecule has 1 saturated heterocycles. The van der Waals surface area contributed by atoms with Gasteiger partial charge in [0.1, 0.15) is 17.5 Å². The first kappa shape index (κ1) is 16.2. The Bertz CT molecular complexity index is 729. The van der Waals surface area contributed by atoms with Crippen molar-refractivity contribution in [2.75, 3.05) is 41.8 Å². The maximum atomic E-state index is 11.2. The van der Waals surface area contributed by atoms with Gasteiger partial charge in [-0.1, -0.05) is 6.07 Å². The number of carbonyl (C=O) groups is 1. The predicted molar refractivity (Wildman–Crippen MR) is 93.8 cm³/mol. The van der Waals surface area contributed by atoms with Crippen molar-refractivity contribution in [3.8, 4) is 0 Å². The molecule has 0 atom stereocenters. The molecule has 0 aliphatic carbocycles. The van der Waals surface area contributed by atoms with E-state index < -0.39 is 0 Å². The molecule has 7 heteroatoms. The van der Waals surface area contributed by atoms with Crippen molar-refractivity contribution < 1.29 is 9.53 Å². The lowest BCUT2D eigenvalue weighted by atomic mass is 10.2. The molecule has 2 aromatic rings. The third-order valence-electron chi connectivity index (χ3n) is 3.61. The van der Waals surface area contributed by atoms with E-state index in [0.29, 0.717) is 19.0 Å². The predicted octanol–water partition coefficient (Wildman–Crippen LogP) is 2.32. The molecule has 0 radical (unpaired) electrons. The Morgan fingerprint density at radius 1 is 1.17 bits per heavy atom. The van der Waals surface area contributed by atoms with Crippen LogP contribution in [0, 0.1) is 6.92 Å². The van der Waals surface area contributed by atoms with E-state index in [1.165, 1.54) is 6.92 Å². The average Bonchev–Trinajstić information content (AvgIpc) is 2.55. The summed E-state index contributed by atoms with van der Waals surface area (Å²) in [6, 6.07) is 9.45. The molecule has 126 valence electrons. The van der Waals surface area contributed by atoms with Crippen LogP contribution in [0.5, 0.6) is 0 Å². The fraction of sp³-hybridized carbons (Fsp3) is 0.353. The van der Waals surface area contributed by atoms with Crippen molar-refractivity contribution in [1.29, 1.82) is 0 Å².